The van der Waals surface area contributed by atoms with E-state index < -0.39 is 56.6 Å². The molecule has 0 aromatic heterocycles. The smallest absolute Gasteiger partial charge is 0.355 e. The fraction of sp³-hybridized carbons (Fsp3) is 0.688. The monoisotopic (exact) mass is 389 g/mol. The first kappa shape index (κ1) is 20.4. The van der Waals surface area contributed by atoms with Crippen molar-refractivity contribution in [1.29, 1.82) is 0 Å². The van der Waals surface area contributed by atoms with Crippen LogP contribution in [0.25, 0.3) is 0 Å². The molecule has 1 amide bonds. The summed E-state index contributed by atoms with van der Waals surface area (Å²) in [6, 6.07) is 0. The normalized spacial score (nSPS) is 27.5. The van der Waals surface area contributed by atoms with E-state index in [9.17, 15) is 22.8 Å². The molecule has 1 saturated heterocycles. The predicted octanol–water partition coefficient (Wildman–Crippen LogP) is 0.146. The minimum absolute atomic E-state index is 0.00797. The molecule has 9 nitrogen and oxygen atoms in total. The van der Waals surface area contributed by atoms with Gasteiger partial charge in [0.05, 0.1) is 5.25 Å². The Hall–Kier alpha value is -1.94. The first-order valence-corrected chi connectivity index (χ1v) is 9.62. The van der Waals surface area contributed by atoms with Crippen molar-refractivity contribution >= 4 is 27.7 Å². The first-order chi connectivity index (χ1) is 11.8. The number of sulfone groups is 1. The molecule has 0 saturated carbocycles. The second-order valence-corrected chi connectivity index (χ2v) is 9.51. The van der Waals surface area contributed by atoms with Gasteiger partial charge in [-0.1, -0.05) is 0 Å². The standard InChI is InChI=1S/C16H23NO8S/c1-8-10(7-24-9(2)18)11(15(20)25-16(3,4)5)17-13(19)12(23-6)14(17)26(8,21)22/h8,12,14H,7H2,1-6H3. The van der Waals surface area contributed by atoms with E-state index in [-0.39, 0.29) is 11.3 Å². The second-order valence-electron chi connectivity index (χ2n) is 7.14. The van der Waals surface area contributed by atoms with Gasteiger partial charge in [-0.05, 0) is 27.7 Å². The van der Waals surface area contributed by atoms with Crippen molar-refractivity contribution in [2.75, 3.05) is 13.7 Å². The Morgan fingerprint density at radius 3 is 2.27 bits per heavy atom. The van der Waals surface area contributed by atoms with Crippen molar-refractivity contribution in [2.45, 2.75) is 56.9 Å². The molecule has 3 atom stereocenters. The molecule has 0 aromatic rings. The molecule has 2 aliphatic heterocycles. The highest BCUT2D eigenvalue weighted by Crippen LogP contribution is 2.41. The summed E-state index contributed by atoms with van der Waals surface area (Å²) in [5, 5.41) is -2.45. The molecule has 0 bridgehead atoms. The van der Waals surface area contributed by atoms with Crippen molar-refractivity contribution < 1.29 is 37.0 Å². The Kier molecular flexibility index (Phi) is 5.22. The summed E-state index contributed by atoms with van der Waals surface area (Å²) in [4.78, 5) is 37.1. The van der Waals surface area contributed by atoms with Gasteiger partial charge >= 0.3 is 11.9 Å². The molecule has 10 heteroatoms. The number of carbonyl (C=O) groups is 3. The fourth-order valence-electron chi connectivity index (χ4n) is 2.89. The maximum absolute atomic E-state index is 12.8. The molecule has 26 heavy (non-hydrogen) atoms. The van der Waals surface area contributed by atoms with Crippen molar-refractivity contribution in [3.8, 4) is 0 Å². The highest BCUT2D eigenvalue weighted by Gasteiger charge is 2.63. The number of fused-ring (bicyclic) bond motifs is 1. The number of hydrogen-bond donors (Lipinski definition) is 0. The molecule has 2 heterocycles. The van der Waals surface area contributed by atoms with Gasteiger partial charge in [-0.25, -0.2) is 13.2 Å². The summed E-state index contributed by atoms with van der Waals surface area (Å²) in [5.74, 6) is -2.15. The molecular weight excluding hydrogens is 366 g/mol. The van der Waals surface area contributed by atoms with Crippen molar-refractivity contribution in [2.24, 2.45) is 0 Å². The van der Waals surface area contributed by atoms with E-state index in [2.05, 4.69) is 0 Å². The summed E-state index contributed by atoms with van der Waals surface area (Å²) >= 11 is 0. The van der Waals surface area contributed by atoms with Gasteiger partial charge in [-0.2, -0.15) is 0 Å². The molecule has 1 fully saturated rings. The van der Waals surface area contributed by atoms with E-state index in [4.69, 9.17) is 14.2 Å². The Labute approximate surface area is 152 Å². The summed E-state index contributed by atoms with van der Waals surface area (Å²) in [6.45, 7) is 7.05. The highest BCUT2D eigenvalue weighted by atomic mass is 32.2. The third-order valence-electron chi connectivity index (χ3n) is 4.14. The Balaban J connectivity index is 2.59. The Bertz CT molecular complexity index is 777. The number of β-lactam (4-membered cyclic amide) rings is 1. The third-order valence-corrected chi connectivity index (χ3v) is 6.54. The van der Waals surface area contributed by atoms with Gasteiger partial charge in [0, 0.05) is 19.6 Å². The molecular formula is C16H23NO8S. The van der Waals surface area contributed by atoms with Crippen LogP contribution < -0.4 is 0 Å². The van der Waals surface area contributed by atoms with Crippen LogP contribution in [0.4, 0.5) is 0 Å². The topological polar surface area (TPSA) is 116 Å². The maximum Gasteiger partial charge on any atom is 0.355 e. The summed E-state index contributed by atoms with van der Waals surface area (Å²) in [7, 11) is -2.65. The zero-order valence-corrected chi connectivity index (χ0v) is 16.4. The first-order valence-electron chi connectivity index (χ1n) is 8.01. The van der Waals surface area contributed by atoms with Crippen LogP contribution in [0.3, 0.4) is 0 Å². The number of amides is 1. The molecule has 0 aliphatic carbocycles. The van der Waals surface area contributed by atoms with Crippen molar-refractivity contribution in [3.05, 3.63) is 11.3 Å². The van der Waals surface area contributed by atoms with Crippen molar-refractivity contribution in [1.82, 2.24) is 4.90 Å². The lowest BCUT2D eigenvalue weighted by molar-refractivity contribution is -0.167. The third kappa shape index (κ3) is 3.35. The number of methoxy groups -OCH3 is 1. The largest absolute Gasteiger partial charge is 0.461 e. The second kappa shape index (κ2) is 6.66. The molecule has 0 radical (unpaired) electrons. The minimum Gasteiger partial charge on any atom is -0.461 e. The SMILES string of the molecule is COC1C(=O)N2C(C(=O)OC(C)(C)C)=C(COC(C)=O)C(C)S(=O)(=O)C12. The predicted molar refractivity (Wildman–Crippen MR) is 89.3 cm³/mol. The zero-order chi connectivity index (χ0) is 20.0. The summed E-state index contributed by atoms with van der Waals surface area (Å²) in [5.41, 5.74) is -1.05. The number of nitrogens with zero attached hydrogens (tertiary/aromatic N) is 1. The lowest BCUT2D eigenvalue weighted by atomic mass is 10.0. The lowest BCUT2D eigenvalue weighted by Crippen LogP contribution is -2.72. The number of ether oxygens (including phenoxy) is 3. The Morgan fingerprint density at radius 2 is 1.81 bits per heavy atom. The van der Waals surface area contributed by atoms with Crippen LogP contribution in [0.5, 0.6) is 0 Å². The van der Waals surface area contributed by atoms with Gasteiger partial charge in [-0.3, -0.25) is 14.5 Å². The number of hydrogen-bond acceptors (Lipinski definition) is 8. The number of esters is 2. The van der Waals surface area contributed by atoms with Crippen LogP contribution in [-0.4, -0.2) is 67.2 Å². The maximum atomic E-state index is 12.8. The minimum atomic E-state index is -3.88. The van der Waals surface area contributed by atoms with Crippen molar-refractivity contribution in [3.63, 3.8) is 0 Å². The van der Waals surface area contributed by atoms with Crippen LogP contribution >= 0.6 is 0 Å². The van der Waals surface area contributed by atoms with Crippen LogP contribution in [0, 0.1) is 0 Å². The van der Waals surface area contributed by atoms with Crippen LogP contribution in [0.15, 0.2) is 11.3 Å². The van der Waals surface area contributed by atoms with E-state index in [0.29, 0.717) is 0 Å². The van der Waals surface area contributed by atoms with Gasteiger partial charge in [0.15, 0.2) is 21.3 Å². The van der Waals surface area contributed by atoms with E-state index in [1.54, 1.807) is 20.8 Å². The van der Waals surface area contributed by atoms with Crippen LogP contribution in [-0.2, 0) is 38.4 Å². The molecule has 0 spiro atoms. The van der Waals surface area contributed by atoms with Gasteiger partial charge in [0.1, 0.15) is 17.9 Å². The molecule has 2 rings (SSSR count). The Morgan fingerprint density at radius 1 is 1.23 bits per heavy atom. The van der Waals surface area contributed by atoms with E-state index in [1.165, 1.54) is 14.0 Å². The van der Waals surface area contributed by atoms with E-state index in [1.807, 2.05) is 0 Å². The highest BCUT2D eigenvalue weighted by molar-refractivity contribution is 7.93. The molecule has 146 valence electrons. The number of carbonyl (C=O) groups excluding carboxylic acids is 3. The molecule has 3 unspecified atom stereocenters. The quantitative estimate of drug-likeness (QED) is 0.493. The average molecular weight is 389 g/mol. The summed E-state index contributed by atoms with van der Waals surface area (Å²) < 4.78 is 40.8. The number of rotatable bonds is 4. The zero-order valence-electron chi connectivity index (χ0n) is 15.6. The van der Waals surface area contributed by atoms with Gasteiger partial charge in [0.2, 0.25) is 0 Å². The van der Waals surface area contributed by atoms with Gasteiger partial charge in [-0.15, -0.1) is 0 Å². The molecule has 0 N–H and O–H groups in total. The molecule has 2 aliphatic rings. The van der Waals surface area contributed by atoms with Crippen LogP contribution in [0.2, 0.25) is 0 Å². The lowest BCUT2D eigenvalue weighted by Gasteiger charge is -2.50. The van der Waals surface area contributed by atoms with E-state index >= 15 is 0 Å². The fourth-order valence-corrected chi connectivity index (χ4v) is 4.96. The van der Waals surface area contributed by atoms with E-state index in [0.717, 1.165) is 11.8 Å². The van der Waals surface area contributed by atoms with Gasteiger partial charge < -0.3 is 14.2 Å². The van der Waals surface area contributed by atoms with Crippen LogP contribution in [0.1, 0.15) is 34.6 Å². The van der Waals surface area contributed by atoms with Gasteiger partial charge in [0.25, 0.3) is 5.91 Å². The molecule has 0 aromatic carbocycles. The summed E-state index contributed by atoms with van der Waals surface area (Å²) in [6.07, 6.45) is -1.19. The average Bonchev–Trinajstić information content (AvgIpc) is 2.47.